The topological polar surface area (TPSA) is 80.3 Å². The Hall–Kier alpha value is -3.00. The predicted molar refractivity (Wildman–Crippen MR) is 111 cm³/mol. The summed E-state index contributed by atoms with van der Waals surface area (Å²) in [6, 6.07) is 7.93. The first kappa shape index (κ1) is 19.0. The lowest BCUT2D eigenvalue weighted by atomic mass is 9.82. The Balaban J connectivity index is 1.37. The minimum atomic E-state index is -0.244. The van der Waals surface area contributed by atoms with E-state index in [0.717, 1.165) is 61.0 Å². The quantitative estimate of drug-likeness (QED) is 0.663. The Bertz CT molecular complexity index is 1050. The summed E-state index contributed by atoms with van der Waals surface area (Å²) in [7, 11) is 0. The standard InChI is InChI=1S/C22H26N6O2/c1-16-11-20-27(14-18-3-7-23-8-4-18)21(29)13-22(28(20)24-16)5-9-26(10-6-22)15-19-12-17(2)30-25-19/h3-4,7-8,11-12H,5-6,9-10,13-15H2,1-2H3. The molecule has 1 amide bonds. The number of pyridine rings is 1. The maximum absolute atomic E-state index is 13.3. The van der Waals surface area contributed by atoms with E-state index in [2.05, 4.69) is 19.7 Å². The Morgan fingerprint density at radius 2 is 1.87 bits per heavy atom. The van der Waals surface area contributed by atoms with E-state index in [9.17, 15) is 4.79 Å². The van der Waals surface area contributed by atoms with E-state index >= 15 is 0 Å². The Kier molecular flexibility index (Phi) is 4.66. The number of aryl methyl sites for hydroxylation is 2. The van der Waals surface area contributed by atoms with Crippen LogP contribution in [0.3, 0.4) is 0 Å². The lowest BCUT2D eigenvalue weighted by Gasteiger charge is -2.46. The van der Waals surface area contributed by atoms with Crippen LogP contribution in [0.4, 0.5) is 5.82 Å². The second kappa shape index (κ2) is 7.36. The number of anilines is 1. The molecule has 30 heavy (non-hydrogen) atoms. The van der Waals surface area contributed by atoms with Gasteiger partial charge in [-0.15, -0.1) is 0 Å². The molecule has 0 aromatic carbocycles. The summed E-state index contributed by atoms with van der Waals surface area (Å²) in [5.41, 5.74) is 2.73. The van der Waals surface area contributed by atoms with Crippen molar-refractivity contribution in [3.63, 3.8) is 0 Å². The van der Waals surface area contributed by atoms with Gasteiger partial charge in [-0.05, 0) is 44.4 Å². The van der Waals surface area contributed by atoms with Crippen molar-refractivity contribution in [3.05, 3.63) is 59.4 Å². The van der Waals surface area contributed by atoms with Gasteiger partial charge in [0.05, 0.1) is 29.9 Å². The lowest BCUT2D eigenvalue weighted by Crippen LogP contribution is -2.53. The molecule has 5 rings (SSSR count). The molecule has 2 aliphatic heterocycles. The molecule has 1 spiro atoms. The van der Waals surface area contributed by atoms with Crippen LogP contribution in [0, 0.1) is 13.8 Å². The number of hydrogen-bond acceptors (Lipinski definition) is 6. The third kappa shape index (κ3) is 3.41. The highest BCUT2D eigenvalue weighted by atomic mass is 16.5. The molecule has 8 heteroatoms. The van der Waals surface area contributed by atoms with Gasteiger partial charge >= 0.3 is 0 Å². The number of aromatic nitrogens is 4. The fraction of sp³-hybridized carbons (Fsp3) is 0.455. The van der Waals surface area contributed by atoms with Gasteiger partial charge in [0.2, 0.25) is 5.91 Å². The van der Waals surface area contributed by atoms with Gasteiger partial charge in [-0.3, -0.25) is 19.6 Å². The zero-order chi connectivity index (χ0) is 20.7. The molecule has 0 radical (unpaired) electrons. The maximum Gasteiger partial charge on any atom is 0.230 e. The highest BCUT2D eigenvalue weighted by Gasteiger charge is 2.46. The van der Waals surface area contributed by atoms with Crippen molar-refractivity contribution in [2.75, 3.05) is 18.0 Å². The van der Waals surface area contributed by atoms with Crippen LogP contribution in [0.5, 0.6) is 0 Å². The summed E-state index contributed by atoms with van der Waals surface area (Å²) < 4.78 is 7.32. The molecule has 0 unspecified atom stereocenters. The number of carbonyl (C=O) groups excluding carboxylic acids is 1. The van der Waals surface area contributed by atoms with Crippen LogP contribution >= 0.6 is 0 Å². The molecule has 156 valence electrons. The largest absolute Gasteiger partial charge is 0.361 e. The van der Waals surface area contributed by atoms with Crippen LogP contribution in [0.25, 0.3) is 0 Å². The van der Waals surface area contributed by atoms with E-state index in [1.807, 2.05) is 43.0 Å². The molecular formula is C22H26N6O2. The molecule has 0 N–H and O–H groups in total. The van der Waals surface area contributed by atoms with E-state index in [0.29, 0.717) is 13.0 Å². The van der Waals surface area contributed by atoms with Crippen molar-refractivity contribution in [3.8, 4) is 0 Å². The molecule has 1 fully saturated rings. The Labute approximate surface area is 175 Å². The average molecular weight is 406 g/mol. The molecule has 1 saturated heterocycles. The number of piperidine rings is 1. The van der Waals surface area contributed by atoms with Crippen molar-refractivity contribution in [2.24, 2.45) is 0 Å². The third-order valence-corrected chi connectivity index (χ3v) is 6.26. The first-order chi connectivity index (χ1) is 14.5. The number of rotatable bonds is 4. The third-order valence-electron chi connectivity index (χ3n) is 6.26. The summed E-state index contributed by atoms with van der Waals surface area (Å²) in [4.78, 5) is 21.6. The van der Waals surface area contributed by atoms with Gasteiger partial charge in [0.15, 0.2) is 0 Å². The van der Waals surface area contributed by atoms with Crippen LogP contribution in [-0.4, -0.2) is 43.8 Å². The molecule has 3 aromatic rings. The van der Waals surface area contributed by atoms with Gasteiger partial charge in [-0.2, -0.15) is 5.10 Å². The van der Waals surface area contributed by atoms with Crippen molar-refractivity contribution in [1.82, 2.24) is 24.8 Å². The second-order valence-corrected chi connectivity index (χ2v) is 8.50. The molecule has 8 nitrogen and oxygen atoms in total. The van der Waals surface area contributed by atoms with E-state index in [1.54, 1.807) is 12.4 Å². The highest BCUT2D eigenvalue weighted by Crippen LogP contribution is 2.42. The van der Waals surface area contributed by atoms with Gasteiger partial charge < -0.3 is 4.52 Å². The van der Waals surface area contributed by atoms with Crippen molar-refractivity contribution in [1.29, 1.82) is 0 Å². The zero-order valence-corrected chi connectivity index (χ0v) is 17.4. The van der Waals surface area contributed by atoms with Crippen LogP contribution in [0.15, 0.2) is 41.2 Å². The number of amides is 1. The van der Waals surface area contributed by atoms with Gasteiger partial charge in [-0.25, -0.2) is 4.68 Å². The Morgan fingerprint density at radius 1 is 1.10 bits per heavy atom. The lowest BCUT2D eigenvalue weighted by molar-refractivity contribution is -0.123. The van der Waals surface area contributed by atoms with Crippen LogP contribution in [0.1, 0.15) is 42.0 Å². The number of nitrogens with zero attached hydrogens (tertiary/aromatic N) is 6. The van der Waals surface area contributed by atoms with Crippen LogP contribution in [-0.2, 0) is 23.4 Å². The molecule has 2 aliphatic rings. The van der Waals surface area contributed by atoms with Crippen molar-refractivity contribution in [2.45, 2.75) is 51.7 Å². The number of hydrogen-bond donors (Lipinski definition) is 0. The summed E-state index contributed by atoms with van der Waals surface area (Å²) in [6.45, 7) is 7.04. The molecule has 0 saturated carbocycles. The fourth-order valence-corrected chi connectivity index (χ4v) is 4.68. The summed E-state index contributed by atoms with van der Waals surface area (Å²) >= 11 is 0. The van der Waals surface area contributed by atoms with Crippen LogP contribution in [0.2, 0.25) is 0 Å². The maximum atomic E-state index is 13.3. The van der Waals surface area contributed by atoms with Gasteiger partial charge in [0.25, 0.3) is 0 Å². The molecule has 0 aliphatic carbocycles. The zero-order valence-electron chi connectivity index (χ0n) is 17.4. The summed E-state index contributed by atoms with van der Waals surface area (Å²) in [5, 5.41) is 8.95. The van der Waals surface area contributed by atoms with Crippen LogP contribution < -0.4 is 4.90 Å². The number of likely N-dealkylation sites (tertiary alicyclic amines) is 1. The van der Waals surface area contributed by atoms with Crippen molar-refractivity contribution < 1.29 is 9.32 Å². The molecule has 0 bridgehead atoms. The summed E-state index contributed by atoms with van der Waals surface area (Å²) in [5.74, 6) is 1.91. The first-order valence-electron chi connectivity index (χ1n) is 10.4. The molecule has 5 heterocycles. The number of carbonyl (C=O) groups is 1. The van der Waals surface area contributed by atoms with Gasteiger partial charge in [0.1, 0.15) is 11.6 Å². The predicted octanol–water partition coefficient (Wildman–Crippen LogP) is 2.81. The fourth-order valence-electron chi connectivity index (χ4n) is 4.68. The minimum Gasteiger partial charge on any atom is -0.361 e. The van der Waals surface area contributed by atoms with E-state index in [4.69, 9.17) is 9.62 Å². The van der Waals surface area contributed by atoms with Gasteiger partial charge in [0, 0.05) is 44.2 Å². The first-order valence-corrected chi connectivity index (χ1v) is 10.4. The second-order valence-electron chi connectivity index (χ2n) is 8.50. The molecular weight excluding hydrogens is 380 g/mol. The number of fused-ring (bicyclic) bond motifs is 2. The highest BCUT2D eigenvalue weighted by molar-refractivity contribution is 5.94. The Morgan fingerprint density at radius 3 is 2.57 bits per heavy atom. The van der Waals surface area contributed by atoms with E-state index in [1.165, 1.54) is 0 Å². The molecule has 0 atom stereocenters. The monoisotopic (exact) mass is 406 g/mol. The molecule has 3 aromatic heterocycles. The average Bonchev–Trinajstić information content (AvgIpc) is 3.33. The van der Waals surface area contributed by atoms with E-state index < -0.39 is 0 Å². The summed E-state index contributed by atoms with van der Waals surface area (Å²) in [6.07, 6.45) is 5.81. The van der Waals surface area contributed by atoms with Crippen molar-refractivity contribution >= 4 is 11.7 Å². The normalized spacial score (nSPS) is 18.7. The SMILES string of the molecule is Cc1cc2n(n1)C1(CCN(Cc3cc(C)on3)CC1)CC(=O)N2Cc1ccncc1. The minimum absolute atomic E-state index is 0.166. The van der Waals surface area contributed by atoms with E-state index in [-0.39, 0.29) is 11.4 Å². The smallest absolute Gasteiger partial charge is 0.230 e. The van der Waals surface area contributed by atoms with Gasteiger partial charge in [-0.1, -0.05) is 5.16 Å².